The number of nitrogens with zero attached hydrogens (tertiary/aromatic N) is 2. The van der Waals surface area contributed by atoms with E-state index in [1.54, 1.807) is 18.0 Å². The molecule has 1 amide bonds. The molecule has 0 saturated carbocycles. The Hall–Kier alpha value is -1.95. The highest BCUT2D eigenvalue weighted by Crippen LogP contribution is 2.14. The lowest BCUT2D eigenvalue weighted by Gasteiger charge is -2.24. The number of benzene rings is 1. The molecule has 128 valence electrons. The van der Waals surface area contributed by atoms with Crippen molar-refractivity contribution in [3.63, 3.8) is 0 Å². The summed E-state index contributed by atoms with van der Waals surface area (Å²) < 4.78 is 5.30. The van der Waals surface area contributed by atoms with Gasteiger partial charge < -0.3 is 14.7 Å². The van der Waals surface area contributed by atoms with Crippen molar-refractivity contribution < 1.29 is 14.6 Å². The number of nitroso groups, excluding NO2 is 1. The minimum atomic E-state index is -0.502. The van der Waals surface area contributed by atoms with Gasteiger partial charge in [-0.05, 0) is 50.3 Å². The Morgan fingerprint density at radius 3 is 2.39 bits per heavy atom. The lowest BCUT2D eigenvalue weighted by atomic mass is 10.0. The molecule has 6 nitrogen and oxygen atoms in total. The van der Waals surface area contributed by atoms with E-state index in [1.807, 2.05) is 32.9 Å². The van der Waals surface area contributed by atoms with Crippen LogP contribution in [0.3, 0.4) is 0 Å². The predicted molar refractivity (Wildman–Crippen MR) is 89.0 cm³/mol. The molecule has 0 aliphatic heterocycles. The van der Waals surface area contributed by atoms with E-state index in [4.69, 9.17) is 4.74 Å². The first kappa shape index (κ1) is 19.1. The number of amides is 1. The lowest BCUT2D eigenvalue weighted by molar-refractivity contribution is 0.0297. The van der Waals surface area contributed by atoms with Crippen LogP contribution < -0.4 is 0 Å². The number of rotatable bonds is 7. The number of hydrogen-bond acceptors (Lipinski definition) is 5. The van der Waals surface area contributed by atoms with Gasteiger partial charge in [-0.25, -0.2) is 4.79 Å². The molecule has 0 saturated heterocycles. The topological polar surface area (TPSA) is 79.2 Å². The van der Waals surface area contributed by atoms with Gasteiger partial charge in [-0.15, -0.1) is 0 Å². The van der Waals surface area contributed by atoms with Crippen LogP contribution in [0, 0.1) is 4.91 Å². The zero-order valence-electron chi connectivity index (χ0n) is 14.3. The molecule has 1 aromatic carbocycles. The third-order valence-electron chi connectivity index (χ3n) is 3.21. The molecule has 0 spiro atoms. The van der Waals surface area contributed by atoms with Gasteiger partial charge in [-0.3, -0.25) is 0 Å². The molecule has 23 heavy (non-hydrogen) atoms. The summed E-state index contributed by atoms with van der Waals surface area (Å²) in [4.78, 5) is 23.8. The molecule has 0 aliphatic carbocycles. The van der Waals surface area contributed by atoms with Crippen LogP contribution in [0.5, 0.6) is 0 Å². The fraction of sp³-hybridized carbons (Fsp3) is 0.588. The molecule has 0 aliphatic rings. The van der Waals surface area contributed by atoms with Gasteiger partial charge in [0, 0.05) is 13.6 Å². The monoisotopic (exact) mass is 322 g/mol. The zero-order chi connectivity index (χ0) is 17.5. The van der Waals surface area contributed by atoms with Crippen LogP contribution in [0.15, 0.2) is 23.4 Å². The second-order valence-electron chi connectivity index (χ2n) is 6.61. The number of ether oxygens (including phenoxy) is 1. The molecule has 0 heterocycles. The van der Waals surface area contributed by atoms with Crippen molar-refractivity contribution in [2.45, 2.75) is 52.4 Å². The van der Waals surface area contributed by atoms with E-state index in [0.717, 1.165) is 29.5 Å². The SMILES string of the molecule is CN(CCCc1cc(CO)cc(CN=O)c1)C(=O)OC(C)(C)C. The molecule has 1 N–H and O–H groups in total. The van der Waals surface area contributed by atoms with E-state index < -0.39 is 5.60 Å². The number of aliphatic hydroxyl groups is 1. The van der Waals surface area contributed by atoms with Gasteiger partial charge in [0.25, 0.3) is 0 Å². The van der Waals surface area contributed by atoms with Crippen LogP contribution >= 0.6 is 0 Å². The predicted octanol–water partition coefficient (Wildman–Crippen LogP) is 3.24. The van der Waals surface area contributed by atoms with Gasteiger partial charge in [0.05, 0.1) is 6.61 Å². The summed E-state index contributed by atoms with van der Waals surface area (Å²) in [6, 6.07) is 5.59. The van der Waals surface area contributed by atoms with Crippen LogP contribution in [0.1, 0.15) is 43.9 Å². The first-order valence-corrected chi connectivity index (χ1v) is 7.71. The van der Waals surface area contributed by atoms with Gasteiger partial charge in [0.2, 0.25) is 0 Å². The van der Waals surface area contributed by atoms with Crippen molar-refractivity contribution in [2.75, 3.05) is 13.6 Å². The first-order valence-electron chi connectivity index (χ1n) is 7.71. The highest BCUT2D eigenvalue weighted by atomic mass is 16.6. The molecular weight excluding hydrogens is 296 g/mol. The van der Waals surface area contributed by atoms with Gasteiger partial charge in [0.15, 0.2) is 0 Å². The van der Waals surface area contributed by atoms with Crippen LogP contribution in [0.25, 0.3) is 0 Å². The summed E-state index contributed by atoms with van der Waals surface area (Å²) in [5.41, 5.74) is 2.08. The number of aryl methyl sites for hydroxylation is 1. The summed E-state index contributed by atoms with van der Waals surface area (Å²) in [6.07, 6.45) is 1.17. The highest BCUT2D eigenvalue weighted by Gasteiger charge is 2.19. The third kappa shape index (κ3) is 7.23. The van der Waals surface area contributed by atoms with Crippen molar-refractivity contribution in [3.05, 3.63) is 39.8 Å². The minimum Gasteiger partial charge on any atom is -0.444 e. The maximum atomic E-state index is 11.9. The minimum absolute atomic E-state index is 0.0719. The van der Waals surface area contributed by atoms with E-state index in [1.165, 1.54) is 0 Å². The Bertz CT molecular complexity index is 538. The second-order valence-corrected chi connectivity index (χ2v) is 6.61. The average molecular weight is 322 g/mol. The van der Waals surface area contributed by atoms with E-state index in [0.29, 0.717) is 6.54 Å². The molecule has 0 unspecified atom stereocenters. The van der Waals surface area contributed by atoms with Gasteiger partial charge >= 0.3 is 6.09 Å². The smallest absolute Gasteiger partial charge is 0.410 e. The Labute approximate surface area is 137 Å². The Morgan fingerprint density at radius 1 is 1.22 bits per heavy atom. The summed E-state index contributed by atoms with van der Waals surface area (Å²) in [5.74, 6) is 0. The summed E-state index contributed by atoms with van der Waals surface area (Å²) in [6.45, 7) is 6.10. The molecule has 0 fully saturated rings. The number of carbonyl (C=O) groups is 1. The highest BCUT2D eigenvalue weighted by molar-refractivity contribution is 5.67. The fourth-order valence-electron chi connectivity index (χ4n) is 2.19. The third-order valence-corrected chi connectivity index (χ3v) is 3.21. The van der Waals surface area contributed by atoms with E-state index in [-0.39, 0.29) is 19.2 Å². The molecule has 0 aromatic heterocycles. The normalized spacial score (nSPS) is 11.2. The quantitative estimate of drug-likeness (QED) is 0.782. The molecule has 0 radical (unpaired) electrons. The second kappa shape index (κ2) is 8.62. The van der Waals surface area contributed by atoms with E-state index in [9.17, 15) is 14.8 Å². The standard InChI is InChI=1S/C17H26N2O4/c1-17(2,3)23-16(21)19(4)7-5-6-13-8-14(11-18-22)10-15(9-13)12-20/h8-10,20H,5-7,11-12H2,1-4H3. The van der Waals surface area contributed by atoms with Crippen LogP contribution in [0.4, 0.5) is 4.79 Å². The molecule has 1 rings (SSSR count). The average Bonchev–Trinajstić information content (AvgIpc) is 2.45. The van der Waals surface area contributed by atoms with Crippen molar-refractivity contribution in [3.8, 4) is 0 Å². The van der Waals surface area contributed by atoms with Crippen LogP contribution in [0.2, 0.25) is 0 Å². The van der Waals surface area contributed by atoms with Gasteiger partial charge in [-0.2, -0.15) is 4.91 Å². The van der Waals surface area contributed by atoms with Gasteiger partial charge in [-0.1, -0.05) is 23.4 Å². The lowest BCUT2D eigenvalue weighted by Crippen LogP contribution is -2.34. The largest absolute Gasteiger partial charge is 0.444 e. The maximum absolute atomic E-state index is 11.9. The number of hydrogen-bond donors (Lipinski definition) is 1. The first-order chi connectivity index (χ1) is 10.7. The van der Waals surface area contributed by atoms with E-state index >= 15 is 0 Å². The Balaban J connectivity index is 2.56. The zero-order valence-corrected chi connectivity index (χ0v) is 14.3. The number of aliphatic hydroxyl groups excluding tert-OH is 1. The van der Waals surface area contributed by atoms with Crippen molar-refractivity contribution in [1.82, 2.24) is 4.90 Å². The van der Waals surface area contributed by atoms with Crippen molar-refractivity contribution >= 4 is 6.09 Å². The van der Waals surface area contributed by atoms with Crippen molar-refractivity contribution in [2.24, 2.45) is 5.18 Å². The molecule has 6 heteroatoms. The summed E-state index contributed by atoms with van der Waals surface area (Å²) >= 11 is 0. The molecular formula is C17H26N2O4. The van der Waals surface area contributed by atoms with Crippen molar-refractivity contribution in [1.29, 1.82) is 0 Å². The molecule has 0 bridgehead atoms. The fourth-order valence-corrected chi connectivity index (χ4v) is 2.19. The van der Waals surface area contributed by atoms with Gasteiger partial charge in [0.1, 0.15) is 12.1 Å². The van der Waals surface area contributed by atoms with Crippen LogP contribution in [-0.2, 0) is 24.3 Å². The summed E-state index contributed by atoms with van der Waals surface area (Å²) in [7, 11) is 1.71. The summed E-state index contributed by atoms with van der Waals surface area (Å²) in [5, 5.41) is 12.2. The Kier molecular flexibility index (Phi) is 7.16. The number of carbonyl (C=O) groups excluding carboxylic acids is 1. The molecule has 0 atom stereocenters. The Morgan fingerprint density at radius 2 is 1.83 bits per heavy atom. The maximum Gasteiger partial charge on any atom is 0.410 e. The van der Waals surface area contributed by atoms with E-state index in [2.05, 4.69) is 5.18 Å². The van der Waals surface area contributed by atoms with Crippen LogP contribution in [-0.4, -0.2) is 35.3 Å². The molecule has 1 aromatic rings.